The Morgan fingerprint density at radius 1 is 1.42 bits per heavy atom. The summed E-state index contributed by atoms with van der Waals surface area (Å²) in [6.45, 7) is 7.65. The number of hydrogen-bond acceptors (Lipinski definition) is 5. The fourth-order valence-electron chi connectivity index (χ4n) is 2.62. The van der Waals surface area contributed by atoms with E-state index in [1.807, 2.05) is 6.92 Å². The van der Waals surface area contributed by atoms with E-state index in [1.54, 1.807) is 6.08 Å². The van der Waals surface area contributed by atoms with Crippen molar-refractivity contribution >= 4 is 0 Å². The predicted octanol–water partition coefficient (Wildman–Crippen LogP) is 2.54. The molecule has 106 valence electrons. The zero-order chi connectivity index (χ0) is 13.6. The summed E-state index contributed by atoms with van der Waals surface area (Å²) in [4.78, 5) is 4.50. The molecule has 0 unspecified atom stereocenters. The first-order chi connectivity index (χ1) is 9.30. The molecule has 0 amide bonds. The SMILES string of the molecule is C=CCNCc1nc(C2(OCC)CCCCC2)no1. The van der Waals surface area contributed by atoms with Crippen LogP contribution in [0, 0.1) is 0 Å². The number of nitrogens with one attached hydrogen (secondary N) is 1. The van der Waals surface area contributed by atoms with Crippen molar-refractivity contribution in [3.63, 3.8) is 0 Å². The Hall–Kier alpha value is -1.20. The second-order valence-corrected chi connectivity index (χ2v) is 4.92. The molecule has 1 N–H and O–H groups in total. The van der Waals surface area contributed by atoms with Crippen molar-refractivity contribution in [2.45, 2.75) is 51.2 Å². The Balaban J connectivity index is 2.06. The van der Waals surface area contributed by atoms with E-state index in [4.69, 9.17) is 9.26 Å². The Kier molecular flexibility index (Phi) is 5.10. The van der Waals surface area contributed by atoms with Crippen molar-refractivity contribution in [2.75, 3.05) is 13.2 Å². The molecule has 0 bridgehead atoms. The minimum atomic E-state index is -0.326. The normalized spacial score (nSPS) is 18.4. The van der Waals surface area contributed by atoms with Crippen LogP contribution < -0.4 is 5.32 Å². The van der Waals surface area contributed by atoms with Gasteiger partial charge in [-0.15, -0.1) is 6.58 Å². The first kappa shape index (κ1) is 14.2. The number of aromatic nitrogens is 2. The molecular weight excluding hydrogens is 242 g/mol. The van der Waals surface area contributed by atoms with Gasteiger partial charge in [-0.3, -0.25) is 0 Å². The van der Waals surface area contributed by atoms with Gasteiger partial charge >= 0.3 is 0 Å². The Labute approximate surface area is 114 Å². The molecular formula is C14H23N3O2. The molecule has 5 nitrogen and oxygen atoms in total. The van der Waals surface area contributed by atoms with Crippen LogP contribution in [0.25, 0.3) is 0 Å². The molecule has 0 aliphatic heterocycles. The quantitative estimate of drug-likeness (QED) is 0.606. The number of ether oxygens (including phenoxy) is 1. The first-order valence-corrected chi connectivity index (χ1v) is 7.09. The standard InChI is InChI=1S/C14H23N3O2/c1-3-10-15-11-12-16-13(17-19-12)14(18-4-2)8-6-5-7-9-14/h3,15H,1,4-11H2,2H3. The van der Waals surface area contributed by atoms with Gasteiger partial charge in [-0.1, -0.05) is 30.5 Å². The summed E-state index contributed by atoms with van der Waals surface area (Å²) < 4.78 is 11.3. The van der Waals surface area contributed by atoms with Crippen molar-refractivity contribution in [2.24, 2.45) is 0 Å². The molecule has 1 fully saturated rings. The van der Waals surface area contributed by atoms with Crippen LogP contribution >= 0.6 is 0 Å². The molecule has 0 atom stereocenters. The van der Waals surface area contributed by atoms with Crippen LogP contribution in [0.4, 0.5) is 0 Å². The monoisotopic (exact) mass is 265 g/mol. The molecule has 5 heteroatoms. The van der Waals surface area contributed by atoms with Gasteiger partial charge in [-0.2, -0.15) is 4.98 Å². The van der Waals surface area contributed by atoms with Crippen molar-refractivity contribution < 1.29 is 9.26 Å². The Morgan fingerprint density at radius 2 is 2.21 bits per heavy atom. The smallest absolute Gasteiger partial charge is 0.240 e. The zero-order valence-electron chi connectivity index (χ0n) is 11.7. The van der Waals surface area contributed by atoms with E-state index >= 15 is 0 Å². The third-order valence-corrected chi connectivity index (χ3v) is 3.52. The summed E-state index contributed by atoms with van der Waals surface area (Å²) in [6.07, 6.45) is 7.37. The molecule has 1 aliphatic rings. The Morgan fingerprint density at radius 3 is 2.89 bits per heavy atom. The van der Waals surface area contributed by atoms with E-state index in [9.17, 15) is 0 Å². The third-order valence-electron chi connectivity index (χ3n) is 3.52. The fourth-order valence-corrected chi connectivity index (χ4v) is 2.62. The minimum Gasteiger partial charge on any atom is -0.367 e. The van der Waals surface area contributed by atoms with Crippen LogP contribution in [0.15, 0.2) is 17.2 Å². The maximum atomic E-state index is 5.97. The summed E-state index contributed by atoms with van der Waals surface area (Å²) >= 11 is 0. The van der Waals surface area contributed by atoms with Crippen molar-refractivity contribution in [1.82, 2.24) is 15.5 Å². The van der Waals surface area contributed by atoms with E-state index in [2.05, 4.69) is 22.0 Å². The summed E-state index contributed by atoms with van der Waals surface area (Å²) in [7, 11) is 0. The molecule has 1 aromatic heterocycles. The molecule has 0 aromatic carbocycles. The van der Waals surface area contributed by atoms with Crippen molar-refractivity contribution in [3.8, 4) is 0 Å². The van der Waals surface area contributed by atoms with Crippen LogP contribution in [-0.2, 0) is 16.9 Å². The largest absolute Gasteiger partial charge is 0.367 e. The molecule has 0 saturated heterocycles. The second-order valence-electron chi connectivity index (χ2n) is 4.92. The Bertz CT molecular complexity index is 392. The lowest BCUT2D eigenvalue weighted by molar-refractivity contribution is -0.0777. The maximum Gasteiger partial charge on any atom is 0.240 e. The lowest BCUT2D eigenvalue weighted by Gasteiger charge is -2.33. The second kappa shape index (κ2) is 6.82. The average molecular weight is 265 g/mol. The van der Waals surface area contributed by atoms with Gasteiger partial charge in [0, 0.05) is 13.2 Å². The van der Waals surface area contributed by atoms with Gasteiger partial charge in [0.1, 0.15) is 5.60 Å². The van der Waals surface area contributed by atoms with Crippen molar-refractivity contribution in [3.05, 3.63) is 24.4 Å². The summed E-state index contributed by atoms with van der Waals surface area (Å²) in [5, 5.41) is 7.29. The number of hydrogen-bond donors (Lipinski definition) is 1. The van der Waals surface area contributed by atoms with Gasteiger partial charge in [0.2, 0.25) is 11.7 Å². The van der Waals surface area contributed by atoms with Gasteiger partial charge < -0.3 is 14.6 Å². The molecule has 0 radical (unpaired) electrons. The van der Waals surface area contributed by atoms with E-state index in [1.165, 1.54) is 19.3 Å². The van der Waals surface area contributed by atoms with E-state index < -0.39 is 0 Å². The van der Waals surface area contributed by atoms with E-state index in [0.29, 0.717) is 24.9 Å². The number of rotatable bonds is 7. The van der Waals surface area contributed by atoms with Gasteiger partial charge in [0.25, 0.3) is 0 Å². The van der Waals surface area contributed by atoms with Crippen LogP contribution in [-0.4, -0.2) is 23.3 Å². The summed E-state index contributed by atoms with van der Waals surface area (Å²) in [5.74, 6) is 1.32. The highest BCUT2D eigenvalue weighted by molar-refractivity contribution is 5.03. The van der Waals surface area contributed by atoms with Gasteiger partial charge in [0.15, 0.2) is 0 Å². The third kappa shape index (κ3) is 3.42. The van der Waals surface area contributed by atoms with Gasteiger partial charge in [-0.25, -0.2) is 0 Å². The lowest BCUT2D eigenvalue weighted by Crippen LogP contribution is -2.33. The predicted molar refractivity (Wildman–Crippen MR) is 72.6 cm³/mol. The van der Waals surface area contributed by atoms with Crippen LogP contribution in [0.1, 0.15) is 50.7 Å². The molecule has 1 aliphatic carbocycles. The van der Waals surface area contributed by atoms with Gasteiger partial charge in [0.05, 0.1) is 6.54 Å². The highest BCUT2D eigenvalue weighted by atomic mass is 16.5. The van der Waals surface area contributed by atoms with E-state index in [-0.39, 0.29) is 5.60 Å². The highest BCUT2D eigenvalue weighted by Gasteiger charge is 2.39. The van der Waals surface area contributed by atoms with Crippen LogP contribution in [0.2, 0.25) is 0 Å². The van der Waals surface area contributed by atoms with Crippen LogP contribution in [0.5, 0.6) is 0 Å². The topological polar surface area (TPSA) is 60.2 Å². The molecule has 1 saturated carbocycles. The molecule has 19 heavy (non-hydrogen) atoms. The zero-order valence-corrected chi connectivity index (χ0v) is 11.7. The van der Waals surface area contributed by atoms with Crippen LogP contribution in [0.3, 0.4) is 0 Å². The summed E-state index contributed by atoms with van der Waals surface area (Å²) in [5.41, 5.74) is -0.326. The highest BCUT2D eigenvalue weighted by Crippen LogP contribution is 2.38. The molecule has 0 spiro atoms. The molecule has 2 rings (SSSR count). The average Bonchev–Trinajstić information content (AvgIpc) is 2.90. The molecule has 1 aromatic rings. The minimum absolute atomic E-state index is 0.326. The van der Waals surface area contributed by atoms with E-state index in [0.717, 1.165) is 19.4 Å². The summed E-state index contributed by atoms with van der Waals surface area (Å²) in [6, 6.07) is 0. The molecule has 1 heterocycles. The first-order valence-electron chi connectivity index (χ1n) is 7.09. The van der Waals surface area contributed by atoms with Gasteiger partial charge in [-0.05, 0) is 19.8 Å². The lowest BCUT2D eigenvalue weighted by atomic mass is 9.84. The number of nitrogens with zero attached hydrogens (tertiary/aromatic N) is 2. The maximum absolute atomic E-state index is 5.97. The fraction of sp³-hybridized carbons (Fsp3) is 0.714. The van der Waals surface area contributed by atoms with Crippen molar-refractivity contribution in [1.29, 1.82) is 0 Å².